The van der Waals surface area contributed by atoms with Crippen LogP contribution in [0.2, 0.25) is 5.02 Å². The molecule has 2 N–H and O–H groups in total. The monoisotopic (exact) mass is 511 g/mol. The second-order valence-electron chi connectivity index (χ2n) is 7.91. The number of halogens is 2. The predicted octanol–water partition coefficient (Wildman–Crippen LogP) is 2.14. The lowest BCUT2D eigenvalue weighted by Gasteiger charge is -2.32. The predicted molar refractivity (Wildman–Crippen MR) is 121 cm³/mol. The smallest absolute Gasteiger partial charge is 0.338 e. The van der Waals surface area contributed by atoms with Crippen molar-refractivity contribution >= 4 is 45.0 Å². The molecular weight excluding hydrogens is 493 g/mol. The molecule has 2 saturated heterocycles. The first-order valence-electron chi connectivity index (χ1n) is 10.1. The van der Waals surface area contributed by atoms with Crippen molar-refractivity contribution in [1.82, 2.24) is 19.3 Å². The lowest BCUT2D eigenvalue weighted by atomic mass is 9.92. The van der Waals surface area contributed by atoms with Crippen LogP contribution in [0.3, 0.4) is 0 Å². The third kappa shape index (κ3) is 3.95. The molecule has 0 bridgehead atoms. The van der Waals surface area contributed by atoms with Crippen molar-refractivity contribution in [2.24, 2.45) is 4.99 Å². The second kappa shape index (κ2) is 8.13. The van der Waals surface area contributed by atoms with Crippen LogP contribution in [-0.4, -0.2) is 55.3 Å². The molecule has 1 spiro atoms. The molecule has 9 nitrogen and oxygen atoms in total. The van der Waals surface area contributed by atoms with Crippen LogP contribution >= 0.6 is 22.9 Å². The van der Waals surface area contributed by atoms with E-state index in [1.807, 2.05) is 4.90 Å². The van der Waals surface area contributed by atoms with Gasteiger partial charge >= 0.3 is 5.97 Å². The molecule has 0 aliphatic carbocycles. The van der Waals surface area contributed by atoms with Crippen molar-refractivity contribution in [1.29, 1.82) is 0 Å². The van der Waals surface area contributed by atoms with Crippen LogP contribution < -0.4 is 9.44 Å². The Morgan fingerprint density at radius 3 is 2.91 bits per heavy atom. The van der Waals surface area contributed by atoms with Crippen LogP contribution in [0.1, 0.15) is 30.0 Å². The SMILES string of the molecule is CCOC(=O)C1=C2C[C@@]3(CNS(=O)(=O)N3)CN2C(c2nccs2)=N[C@H]1c1ccc(F)cc1Cl. The highest BCUT2D eigenvalue weighted by molar-refractivity contribution is 7.87. The van der Waals surface area contributed by atoms with Crippen LogP contribution in [0.25, 0.3) is 0 Å². The van der Waals surface area contributed by atoms with Gasteiger partial charge in [-0.2, -0.15) is 13.1 Å². The van der Waals surface area contributed by atoms with Crippen LogP contribution in [0, 0.1) is 5.82 Å². The Balaban J connectivity index is 1.71. The summed E-state index contributed by atoms with van der Waals surface area (Å²) in [5.41, 5.74) is 0.387. The molecule has 33 heavy (non-hydrogen) atoms. The maximum Gasteiger partial charge on any atom is 0.338 e. The zero-order valence-electron chi connectivity index (χ0n) is 17.3. The summed E-state index contributed by atoms with van der Waals surface area (Å²) in [6.07, 6.45) is 1.87. The zero-order chi connectivity index (χ0) is 23.4. The summed E-state index contributed by atoms with van der Waals surface area (Å²) in [6, 6.07) is 3.04. The molecule has 2 fully saturated rings. The van der Waals surface area contributed by atoms with Gasteiger partial charge in [0.1, 0.15) is 11.9 Å². The van der Waals surface area contributed by atoms with Gasteiger partial charge in [0.25, 0.3) is 10.2 Å². The Morgan fingerprint density at radius 1 is 1.45 bits per heavy atom. The number of ether oxygens (including phenoxy) is 1. The van der Waals surface area contributed by atoms with E-state index >= 15 is 0 Å². The fraction of sp³-hybridized carbons (Fsp3) is 0.350. The Hall–Kier alpha value is -2.38. The van der Waals surface area contributed by atoms with Gasteiger partial charge in [-0.25, -0.2) is 18.9 Å². The number of aliphatic imine (C=N–C) groups is 1. The molecule has 0 saturated carbocycles. The van der Waals surface area contributed by atoms with E-state index in [0.29, 0.717) is 22.1 Å². The Kier molecular flexibility index (Phi) is 5.52. The molecule has 13 heteroatoms. The van der Waals surface area contributed by atoms with Crippen molar-refractivity contribution < 1.29 is 22.3 Å². The summed E-state index contributed by atoms with van der Waals surface area (Å²) in [4.78, 5) is 24.2. The number of benzene rings is 1. The highest BCUT2D eigenvalue weighted by Crippen LogP contribution is 2.45. The van der Waals surface area contributed by atoms with Crippen molar-refractivity contribution in [2.75, 3.05) is 19.7 Å². The van der Waals surface area contributed by atoms with Gasteiger partial charge in [0.15, 0.2) is 10.8 Å². The summed E-state index contributed by atoms with van der Waals surface area (Å²) in [7, 11) is -3.66. The number of esters is 1. The fourth-order valence-corrected chi connectivity index (χ4v) is 6.62. The maximum absolute atomic E-state index is 13.8. The lowest BCUT2D eigenvalue weighted by molar-refractivity contribution is -0.139. The van der Waals surface area contributed by atoms with Crippen LogP contribution in [0.5, 0.6) is 0 Å². The molecule has 2 atom stereocenters. The van der Waals surface area contributed by atoms with Crippen molar-refractivity contribution in [3.05, 3.63) is 62.5 Å². The zero-order valence-corrected chi connectivity index (χ0v) is 19.7. The van der Waals surface area contributed by atoms with Crippen molar-refractivity contribution in [2.45, 2.75) is 24.9 Å². The van der Waals surface area contributed by atoms with Gasteiger partial charge < -0.3 is 9.64 Å². The largest absolute Gasteiger partial charge is 0.463 e. The number of amidine groups is 1. The van der Waals surface area contributed by atoms with Gasteiger partial charge in [0, 0.05) is 47.4 Å². The molecule has 1 aromatic carbocycles. The number of rotatable bonds is 4. The minimum atomic E-state index is -3.66. The van der Waals surface area contributed by atoms with E-state index in [0.717, 1.165) is 0 Å². The Morgan fingerprint density at radius 2 is 2.27 bits per heavy atom. The number of fused-ring (bicyclic) bond motifs is 1. The summed E-state index contributed by atoms with van der Waals surface area (Å²) in [6.45, 7) is 2.24. The number of carbonyl (C=O) groups is 1. The van der Waals surface area contributed by atoms with Crippen molar-refractivity contribution in [3.8, 4) is 0 Å². The van der Waals surface area contributed by atoms with E-state index in [-0.39, 0.29) is 36.7 Å². The molecule has 5 rings (SSSR count). The van der Waals surface area contributed by atoms with E-state index in [1.165, 1.54) is 29.5 Å². The van der Waals surface area contributed by atoms with E-state index < -0.39 is 33.6 Å². The van der Waals surface area contributed by atoms with Gasteiger partial charge in [-0.15, -0.1) is 11.3 Å². The molecule has 174 valence electrons. The van der Waals surface area contributed by atoms with Crippen LogP contribution in [0.4, 0.5) is 4.39 Å². The van der Waals surface area contributed by atoms with Gasteiger partial charge in [-0.1, -0.05) is 17.7 Å². The molecule has 3 aliphatic heterocycles. The Labute approximate surface area is 198 Å². The quantitative estimate of drug-likeness (QED) is 0.608. The fourth-order valence-electron chi connectivity index (χ4n) is 4.40. The molecule has 3 aliphatic rings. The van der Waals surface area contributed by atoms with E-state index in [2.05, 4.69) is 14.4 Å². The molecule has 4 heterocycles. The third-order valence-corrected chi connectivity index (χ3v) is 8.03. The Bertz CT molecular complexity index is 1300. The molecule has 0 radical (unpaired) electrons. The van der Waals surface area contributed by atoms with Gasteiger partial charge in [0.2, 0.25) is 0 Å². The molecule has 1 aromatic heterocycles. The third-order valence-electron chi connectivity index (χ3n) is 5.71. The second-order valence-corrected chi connectivity index (χ2v) is 10.7. The topological polar surface area (TPSA) is 113 Å². The van der Waals surface area contributed by atoms with E-state index in [1.54, 1.807) is 18.5 Å². The number of hydrogen-bond donors (Lipinski definition) is 2. The summed E-state index contributed by atoms with van der Waals surface area (Å²) in [5, 5.41) is 2.52. The molecule has 0 unspecified atom stereocenters. The highest BCUT2D eigenvalue weighted by Gasteiger charge is 2.53. The standard InChI is InChI=1S/C20H19ClFN5O4S2/c1-2-31-19(28)15-14-8-20(9-24-33(29,30)26-20)10-27(14)17(18-23-5-6-32-18)25-16(15)12-4-3-11(22)7-13(12)21/h3-7,16,24,26H,2,8-10H2,1H3/t16-,20+/m0/s1. The van der Waals surface area contributed by atoms with Crippen molar-refractivity contribution in [3.63, 3.8) is 0 Å². The van der Waals surface area contributed by atoms with Crippen LogP contribution in [0.15, 0.2) is 46.0 Å². The molecular formula is C20H19ClFN5O4S2. The highest BCUT2D eigenvalue weighted by atomic mass is 35.5. The number of aromatic nitrogens is 1. The van der Waals surface area contributed by atoms with Gasteiger partial charge in [-0.05, 0) is 19.1 Å². The maximum atomic E-state index is 13.8. The normalized spacial score (nSPS) is 26.0. The first kappa shape index (κ1) is 22.4. The summed E-state index contributed by atoms with van der Waals surface area (Å²) >= 11 is 7.73. The van der Waals surface area contributed by atoms with Gasteiger partial charge in [-0.3, -0.25) is 4.99 Å². The molecule has 2 aromatic rings. The lowest BCUT2D eigenvalue weighted by Crippen LogP contribution is -2.47. The molecule has 0 amide bonds. The number of hydrogen-bond acceptors (Lipinski definition) is 8. The summed E-state index contributed by atoms with van der Waals surface area (Å²) in [5.74, 6) is -0.612. The van der Waals surface area contributed by atoms with E-state index in [9.17, 15) is 17.6 Å². The van der Waals surface area contributed by atoms with E-state index in [4.69, 9.17) is 21.3 Å². The first-order valence-corrected chi connectivity index (χ1v) is 12.8. The van der Waals surface area contributed by atoms with Gasteiger partial charge in [0.05, 0.1) is 17.7 Å². The minimum Gasteiger partial charge on any atom is -0.463 e. The first-order chi connectivity index (χ1) is 15.7. The average molecular weight is 512 g/mol. The minimum absolute atomic E-state index is 0.119. The number of nitrogens with zero attached hydrogens (tertiary/aromatic N) is 3. The number of nitrogens with one attached hydrogen (secondary N) is 2. The number of thiazole rings is 1. The van der Waals surface area contributed by atoms with Crippen LogP contribution in [-0.2, 0) is 19.7 Å². The average Bonchev–Trinajstić information content (AvgIpc) is 3.46. The number of carbonyl (C=O) groups excluding carboxylic acids is 1. The summed E-state index contributed by atoms with van der Waals surface area (Å²) < 4.78 is 48.6.